The molecular weight excluding hydrogens is 290 g/mol. The number of alkyl halides is 3. The van der Waals surface area contributed by atoms with Crippen molar-refractivity contribution < 1.29 is 27.0 Å². The van der Waals surface area contributed by atoms with E-state index < -0.39 is 23.5 Å². The standard InChI is InChI=1S/C14H7F4NO2/c15-10-4-3-7-11(9(10)8-19)20-12-5-1-2-6-13(12)21-14(16,17)18/h1-7H. The minimum absolute atomic E-state index is 0.198. The summed E-state index contributed by atoms with van der Waals surface area (Å²) in [6, 6.07) is 10.2. The Bertz CT molecular complexity index is 692. The molecule has 21 heavy (non-hydrogen) atoms. The molecule has 0 spiro atoms. The maximum absolute atomic E-state index is 13.4. The molecule has 0 aromatic heterocycles. The highest BCUT2D eigenvalue weighted by Crippen LogP contribution is 2.36. The molecule has 0 N–H and O–H groups in total. The molecule has 0 atom stereocenters. The van der Waals surface area contributed by atoms with Gasteiger partial charge in [0.2, 0.25) is 0 Å². The Labute approximate surface area is 117 Å². The third-order valence-corrected chi connectivity index (χ3v) is 2.38. The lowest BCUT2D eigenvalue weighted by Crippen LogP contribution is -2.17. The smallest absolute Gasteiger partial charge is 0.452 e. The number of hydrogen-bond donors (Lipinski definition) is 0. The van der Waals surface area contributed by atoms with E-state index in [2.05, 4.69) is 4.74 Å². The molecule has 3 nitrogen and oxygen atoms in total. The van der Waals surface area contributed by atoms with Gasteiger partial charge >= 0.3 is 6.36 Å². The summed E-state index contributed by atoms with van der Waals surface area (Å²) in [5, 5.41) is 8.85. The van der Waals surface area contributed by atoms with E-state index in [0.29, 0.717) is 0 Å². The normalized spacial score (nSPS) is 10.8. The molecule has 2 aromatic carbocycles. The van der Waals surface area contributed by atoms with Gasteiger partial charge in [-0.1, -0.05) is 18.2 Å². The van der Waals surface area contributed by atoms with Crippen LogP contribution in [0.1, 0.15) is 5.56 Å². The number of ether oxygens (including phenoxy) is 2. The molecule has 0 heterocycles. The van der Waals surface area contributed by atoms with E-state index >= 15 is 0 Å². The lowest BCUT2D eigenvalue weighted by molar-refractivity contribution is -0.275. The molecule has 0 saturated carbocycles. The molecule has 0 unspecified atom stereocenters. The van der Waals surface area contributed by atoms with Crippen LogP contribution in [0.4, 0.5) is 17.6 Å². The average Bonchev–Trinajstić information content (AvgIpc) is 2.40. The maximum Gasteiger partial charge on any atom is 0.573 e. The van der Waals surface area contributed by atoms with E-state index in [9.17, 15) is 17.6 Å². The summed E-state index contributed by atoms with van der Waals surface area (Å²) in [7, 11) is 0. The van der Waals surface area contributed by atoms with Crippen molar-refractivity contribution >= 4 is 0 Å². The second-order valence-electron chi connectivity index (χ2n) is 3.82. The Balaban J connectivity index is 2.37. The summed E-state index contributed by atoms with van der Waals surface area (Å²) in [6.07, 6.45) is -4.89. The predicted molar refractivity (Wildman–Crippen MR) is 64.3 cm³/mol. The monoisotopic (exact) mass is 297 g/mol. The van der Waals surface area contributed by atoms with E-state index in [4.69, 9.17) is 10.00 Å². The summed E-state index contributed by atoms with van der Waals surface area (Å²) in [4.78, 5) is 0. The largest absolute Gasteiger partial charge is 0.573 e. The van der Waals surface area contributed by atoms with Gasteiger partial charge < -0.3 is 9.47 Å². The number of nitrogens with zero attached hydrogens (tertiary/aromatic N) is 1. The van der Waals surface area contributed by atoms with Gasteiger partial charge in [-0.05, 0) is 24.3 Å². The number of benzene rings is 2. The van der Waals surface area contributed by atoms with Gasteiger partial charge in [0.05, 0.1) is 0 Å². The van der Waals surface area contributed by atoms with Gasteiger partial charge in [-0.25, -0.2) is 4.39 Å². The molecule has 0 aliphatic rings. The summed E-state index contributed by atoms with van der Waals surface area (Å²) in [5.41, 5.74) is -0.403. The van der Waals surface area contributed by atoms with E-state index in [-0.39, 0.29) is 11.5 Å². The van der Waals surface area contributed by atoms with E-state index in [1.54, 1.807) is 6.07 Å². The minimum atomic E-state index is -4.89. The van der Waals surface area contributed by atoms with Crippen molar-refractivity contribution in [2.45, 2.75) is 6.36 Å². The lowest BCUT2D eigenvalue weighted by Gasteiger charge is -2.14. The highest BCUT2D eigenvalue weighted by atomic mass is 19.4. The quantitative estimate of drug-likeness (QED) is 0.789. The molecular formula is C14H7F4NO2. The summed E-state index contributed by atoms with van der Waals surface area (Å²) in [6.45, 7) is 0. The fourth-order valence-electron chi connectivity index (χ4n) is 1.56. The van der Waals surface area contributed by atoms with Crippen molar-refractivity contribution in [3.63, 3.8) is 0 Å². The first kappa shape index (κ1) is 14.7. The van der Waals surface area contributed by atoms with Gasteiger partial charge in [0.1, 0.15) is 23.2 Å². The van der Waals surface area contributed by atoms with E-state index in [0.717, 1.165) is 12.1 Å². The average molecular weight is 297 g/mol. The number of nitriles is 1. The number of halogens is 4. The first-order valence-corrected chi connectivity index (χ1v) is 5.62. The Morgan fingerprint density at radius 1 is 0.905 bits per heavy atom. The molecule has 0 radical (unpaired) electrons. The van der Waals surface area contributed by atoms with Crippen molar-refractivity contribution in [1.29, 1.82) is 5.26 Å². The van der Waals surface area contributed by atoms with Gasteiger partial charge in [0.25, 0.3) is 0 Å². The van der Waals surface area contributed by atoms with E-state index in [1.807, 2.05) is 0 Å². The van der Waals surface area contributed by atoms with Crippen LogP contribution in [0.25, 0.3) is 0 Å². The second-order valence-corrected chi connectivity index (χ2v) is 3.82. The fourth-order valence-corrected chi connectivity index (χ4v) is 1.56. The highest BCUT2D eigenvalue weighted by Gasteiger charge is 2.32. The summed E-state index contributed by atoms with van der Waals surface area (Å²) >= 11 is 0. The van der Waals surface area contributed by atoms with Crippen LogP contribution < -0.4 is 9.47 Å². The number of rotatable bonds is 3. The topological polar surface area (TPSA) is 42.2 Å². The highest BCUT2D eigenvalue weighted by molar-refractivity contribution is 5.49. The Hall–Kier alpha value is -2.75. The molecule has 0 aliphatic carbocycles. The van der Waals surface area contributed by atoms with Crippen LogP contribution >= 0.6 is 0 Å². The molecule has 108 valence electrons. The van der Waals surface area contributed by atoms with E-state index in [1.165, 1.54) is 30.3 Å². The molecule has 2 aromatic rings. The minimum Gasteiger partial charge on any atom is -0.452 e. The molecule has 0 bridgehead atoms. The van der Waals surface area contributed by atoms with Gasteiger partial charge in [-0.15, -0.1) is 13.2 Å². The number of para-hydroxylation sites is 2. The van der Waals surface area contributed by atoms with Crippen LogP contribution in [0, 0.1) is 17.1 Å². The third-order valence-electron chi connectivity index (χ3n) is 2.38. The van der Waals surface area contributed by atoms with Crippen molar-refractivity contribution in [3.05, 3.63) is 53.8 Å². The van der Waals surface area contributed by atoms with Gasteiger partial charge in [0.15, 0.2) is 11.5 Å². The third kappa shape index (κ3) is 3.63. The first-order valence-electron chi connectivity index (χ1n) is 5.62. The molecule has 0 fully saturated rings. The fraction of sp³-hybridized carbons (Fsp3) is 0.0714. The lowest BCUT2D eigenvalue weighted by atomic mass is 10.2. The zero-order valence-corrected chi connectivity index (χ0v) is 10.3. The molecule has 0 aliphatic heterocycles. The second kappa shape index (κ2) is 5.71. The Morgan fingerprint density at radius 3 is 2.14 bits per heavy atom. The molecule has 7 heteroatoms. The van der Waals surface area contributed by atoms with Crippen LogP contribution in [0.2, 0.25) is 0 Å². The Kier molecular flexibility index (Phi) is 3.98. The van der Waals surface area contributed by atoms with Crippen molar-refractivity contribution in [2.75, 3.05) is 0 Å². The maximum atomic E-state index is 13.4. The Morgan fingerprint density at radius 2 is 1.52 bits per heavy atom. The van der Waals surface area contributed by atoms with Crippen LogP contribution in [0.15, 0.2) is 42.5 Å². The zero-order valence-electron chi connectivity index (χ0n) is 10.3. The van der Waals surface area contributed by atoms with Crippen molar-refractivity contribution in [1.82, 2.24) is 0 Å². The van der Waals surface area contributed by atoms with Crippen LogP contribution in [0.5, 0.6) is 17.2 Å². The van der Waals surface area contributed by atoms with Crippen LogP contribution in [-0.4, -0.2) is 6.36 Å². The van der Waals surface area contributed by atoms with Crippen LogP contribution in [0.3, 0.4) is 0 Å². The zero-order chi connectivity index (χ0) is 15.5. The van der Waals surface area contributed by atoms with Crippen molar-refractivity contribution in [3.8, 4) is 23.3 Å². The SMILES string of the molecule is N#Cc1c(F)cccc1Oc1ccccc1OC(F)(F)F. The number of hydrogen-bond acceptors (Lipinski definition) is 3. The predicted octanol–water partition coefficient (Wildman–Crippen LogP) is 4.39. The van der Waals surface area contributed by atoms with Gasteiger partial charge in [-0.3, -0.25) is 0 Å². The summed E-state index contributed by atoms with van der Waals surface area (Å²) in [5.74, 6) is -1.89. The molecule has 0 amide bonds. The van der Waals surface area contributed by atoms with Crippen LogP contribution in [-0.2, 0) is 0 Å². The molecule has 2 rings (SSSR count). The van der Waals surface area contributed by atoms with Gasteiger partial charge in [0, 0.05) is 0 Å². The summed E-state index contributed by atoms with van der Waals surface area (Å²) < 4.78 is 59.2. The molecule has 0 saturated heterocycles. The van der Waals surface area contributed by atoms with Gasteiger partial charge in [-0.2, -0.15) is 5.26 Å². The van der Waals surface area contributed by atoms with Crippen molar-refractivity contribution in [2.24, 2.45) is 0 Å². The first-order chi connectivity index (χ1) is 9.90.